The summed E-state index contributed by atoms with van der Waals surface area (Å²) in [5.74, 6) is 0.253. The number of halogens is 1. The molecule has 4 heteroatoms. The summed E-state index contributed by atoms with van der Waals surface area (Å²) >= 11 is 5.79. The van der Waals surface area contributed by atoms with E-state index in [2.05, 4.69) is 17.1 Å². The first-order valence-electron chi connectivity index (χ1n) is 5.82. The first-order valence-corrected chi connectivity index (χ1v) is 6.20. The van der Waals surface area contributed by atoms with Crippen LogP contribution in [0.25, 0.3) is 0 Å². The third kappa shape index (κ3) is 1.75. The van der Waals surface area contributed by atoms with Crippen LogP contribution in [0.15, 0.2) is 30.5 Å². The van der Waals surface area contributed by atoms with Gasteiger partial charge in [-0.15, -0.1) is 0 Å². The molecule has 2 aliphatic heterocycles. The smallest absolute Gasteiger partial charge is 0.210 e. The van der Waals surface area contributed by atoms with Gasteiger partial charge in [-0.2, -0.15) is 0 Å². The Balaban J connectivity index is 1.94. The fourth-order valence-electron chi connectivity index (χ4n) is 2.90. The average Bonchev–Trinajstić information content (AvgIpc) is 2.63. The SMILES string of the molecule is O=CN1C2C=CC(c3ccc(Cl)nc3)C1CC2. The van der Waals surface area contributed by atoms with Gasteiger partial charge in [-0.25, -0.2) is 4.98 Å². The van der Waals surface area contributed by atoms with E-state index in [9.17, 15) is 4.79 Å². The van der Waals surface area contributed by atoms with Crippen LogP contribution < -0.4 is 0 Å². The number of pyridine rings is 1. The highest BCUT2D eigenvalue weighted by Gasteiger charge is 2.39. The lowest BCUT2D eigenvalue weighted by atomic mass is 9.90. The average molecular weight is 249 g/mol. The van der Waals surface area contributed by atoms with Crippen molar-refractivity contribution in [3.63, 3.8) is 0 Å². The number of amides is 1. The van der Waals surface area contributed by atoms with Gasteiger partial charge in [0.05, 0.1) is 6.04 Å². The van der Waals surface area contributed by atoms with E-state index < -0.39 is 0 Å². The Labute approximate surface area is 105 Å². The molecule has 0 saturated carbocycles. The van der Waals surface area contributed by atoms with Crippen molar-refractivity contribution in [1.82, 2.24) is 9.88 Å². The van der Waals surface area contributed by atoms with E-state index in [-0.39, 0.29) is 12.0 Å². The molecule has 2 bridgehead atoms. The van der Waals surface area contributed by atoms with Crippen molar-refractivity contribution in [3.8, 4) is 0 Å². The van der Waals surface area contributed by atoms with Crippen LogP contribution in [0.5, 0.6) is 0 Å². The highest BCUT2D eigenvalue weighted by Crippen LogP contribution is 2.38. The molecule has 0 aliphatic carbocycles. The zero-order valence-corrected chi connectivity index (χ0v) is 10.0. The largest absolute Gasteiger partial charge is 0.335 e. The first kappa shape index (κ1) is 10.8. The van der Waals surface area contributed by atoms with E-state index in [4.69, 9.17) is 11.6 Å². The molecule has 0 N–H and O–H groups in total. The molecule has 0 aromatic carbocycles. The number of hydrogen-bond acceptors (Lipinski definition) is 2. The summed E-state index contributed by atoms with van der Waals surface area (Å²) in [7, 11) is 0. The predicted octanol–water partition coefficient (Wildman–Crippen LogP) is 2.38. The quantitative estimate of drug-likeness (QED) is 0.457. The summed E-state index contributed by atoms with van der Waals surface area (Å²) in [6.07, 6.45) is 9.24. The number of rotatable bonds is 2. The Bertz CT molecular complexity index is 457. The maximum Gasteiger partial charge on any atom is 0.210 e. The van der Waals surface area contributed by atoms with Crippen LogP contribution in [0, 0.1) is 0 Å². The van der Waals surface area contributed by atoms with Crippen molar-refractivity contribution >= 4 is 18.0 Å². The van der Waals surface area contributed by atoms with Crippen molar-refractivity contribution in [2.24, 2.45) is 0 Å². The van der Waals surface area contributed by atoms with Gasteiger partial charge in [0, 0.05) is 18.2 Å². The monoisotopic (exact) mass is 248 g/mol. The van der Waals surface area contributed by atoms with Gasteiger partial charge >= 0.3 is 0 Å². The minimum atomic E-state index is 0.253. The van der Waals surface area contributed by atoms with Crippen LogP contribution in [-0.4, -0.2) is 28.4 Å². The summed E-state index contributed by atoms with van der Waals surface area (Å²) < 4.78 is 0. The normalized spacial score (nSPS) is 30.6. The molecule has 2 aliphatic rings. The van der Waals surface area contributed by atoms with E-state index in [1.807, 2.05) is 11.0 Å². The molecular formula is C13H13ClN2O. The molecular weight excluding hydrogens is 236 g/mol. The van der Waals surface area contributed by atoms with Crippen LogP contribution in [0.3, 0.4) is 0 Å². The molecule has 1 aromatic rings. The summed E-state index contributed by atoms with van der Waals surface area (Å²) in [6, 6.07) is 4.38. The third-order valence-electron chi connectivity index (χ3n) is 3.74. The van der Waals surface area contributed by atoms with Crippen LogP contribution >= 0.6 is 11.6 Å². The Morgan fingerprint density at radius 2 is 2.24 bits per heavy atom. The molecule has 3 nitrogen and oxygen atoms in total. The standard InChI is InChI=1S/C13H13ClN2O/c14-13-6-1-9(7-15-13)11-4-2-10-3-5-12(11)16(10)8-17/h1-2,4,6-8,10-12H,3,5H2. The zero-order chi connectivity index (χ0) is 11.8. The van der Waals surface area contributed by atoms with Gasteiger partial charge in [0.15, 0.2) is 0 Å². The molecule has 0 spiro atoms. The number of carbonyl (C=O) groups is 1. The molecule has 1 fully saturated rings. The van der Waals surface area contributed by atoms with Crippen molar-refractivity contribution in [3.05, 3.63) is 41.2 Å². The van der Waals surface area contributed by atoms with E-state index in [1.54, 1.807) is 12.3 Å². The molecule has 88 valence electrons. The maximum atomic E-state index is 11.1. The minimum Gasteiger partial charge on any atom is -0.335 e. The van der Waals surface area contributed by atoms with E-state index in [0.29, 0.717) is 11.2 Å². The second-order valence-electron chi connectivity index (χ2n) is 4.59. The molecule has 1 aromatic heterocycles. The number of hydrogen-bond donors (Lipinski definition) is 0. The van der Waals surface area contributed by atoms with E-state index in [0.717, 1.165) is 24.8 Å². The summed E-state index contributed by atoms with van der Waals surface area (Å²) in [5, 5.41) is 0.505. The number of aromatic nitrogens is 1. The van der Waals surface area contributed by atoms with Gasteiger partial charge in [-0.3, -0.25) is 4.79 Å². The Kier molecular flexibility index (Phi) is 2.63. The molecule has 3 heterocycles. The topological polar surface area (TPSA) is 33.2 Å². The molecule has 0 radical (unpaired) electrons. The maximum absolute atomic E-state index is 11.1. The number of fused-ring (bicyclic) bond motifs is 2. The summed E-state index contributed by atoms with van der Waals surface area (Å²) in [5.41, 5.74) is 1.13. The van der Waals surface area contributed by atoms with Crippen LogP contribution in [0.1, 0.15) is 24.3 Å². The lowest BCUT2D eigenvalue weighted by Crippen LogP contribution is -2.40. The fraction of sp³-hybridized carbons (Fsp3) is 0.385. The minimum absolute atomic E-state index is 0.253. The Morgan fingerprint density at radius 1 is 1.35 bits per heavy atom. The van der Waals surface area contributed by atoms with Crippen LogP contribution in [0.2, 0.25) is 5.15 Å². The molecule has 3 rings (SSSR count). The lowest BCUT2D eigenvalue weighted by Gasteiger charge is -2.33. The van der Waals surface area contributed by atoms with Gasteiger partial charge in [0.1, 0.15) is 5.15 Å². The first-order chi connectivity index (χ1) is 8.29. The molecule has 3 unspecified atom stereocenters. The van der Waals surface area contributed by atoms with Gasteiger partial charge < -0.3 is 4.90 Å². The summed E-state index contributed by atoms with van der Waals surface area (Å²) in [4.78, 5) is 17.1. The van der Waals surface area contributed by atoms with Crippen LogP contribution in [-0.2, 0) is 4.79 Å². The second-order valence-corrected chi connectivity index (χ2v) is 4.98. The van der Waals surface area contributed by atoms with Crippen molar-refractivity contribution < 1.29 is 4.79 Å². The highest BCUT2D eigenvalue weighted by atomic mass is 35.5. The number of nitrogens with zero attached hydrogens (tertiary/aromatic N) is 2. The van der Waals surface area contributed by atoms with Crippen molar-refractivity contribution in [2.45, 2.75) is 30.8 Å². The second kappa shape index (κ2) is 4.15. The van der Waals surface area contributed by atoms with Crippen molar-refractivity contribution in [2.75, 3.05) is 0 Å². The van der Waals surface area contributed by atoms with E-state index >= 15 is 0 Å². The predicted molar refractivity (Wildman–Crippen MR) is 65.8 cm³/mol. The third-order valence-corrected chi connectivity index (χ3v) is 3.96. The van der Waals surface area contributed by atoms with E-state index in [1.165, 1.54) is 0 Å². The van der Waals surface area contributed by atoms with Crippen LogP contribution in [0.4, 0.5) is 0 Å². The van der Waals surface area contributed by atoms with Gasteiger partial charge in [0.25, 0.3) is 0 Å². The number of carbonyl (C=O) groups excluding carboxylic acids is 1. The van der Waals surface area contributed by atoms with Gasteiger partial charge in [-0.1, -0.05) is 29.8 Å². The lowest BCUT2D eigenvalue weighted by molar-refractivity contribution is -0.120. The van der Waals surface area contributed by atoms with Gasteiger partial charge in [-0.05, 0) is 24.5 Å². The zero-order valence-electron chi connectivity index (χ0n) is 9.29. The van der Waals surface area contributed by atoms with Gasteiger partial charge in [0.2, 0.25) is 6.41 Å². The highest BCUT2D eigenvalue weighted by molar-refractivity contribution is 6.29. The molecule has 3 atom stereocenters. The Hall–Kier alpha value is -1.35. The summed E-state index contributed by atoms with van der Waals surface area (Å²) in [6.45, 7) is 0. The molecule has 17 heavy (non-hydrogen) atoms. The van der Waals surface area contributed by atoms with Crippen molar-refractivity contribution in [1.29, 1.82) is 0 Å². The Morgan fingerprint density at radius 3 is 2.94 bits per heavy atom. The molecule has 1 saturated heterocycles. The fourth-order valence-corrected chi connectivity index (χ4v) is 3.01. The molecule has 1 amide bonds.